The van der Waals surface area contributed by atoms with Gasteiger partial charge in [-0.05, 0) is 67.2 Å². The van der Waals surface area contributed by atoms with E-state index in [0.29, 0.717) is 25.2 Å². The molecule has 0 aromatic heterocycles. The van der Waals surface area contributed by atoms with Gasteiger partial charge in [0.1, 0.15) is 0 Å². The summed E-state index contributed by atoms with van der Waals surface area (Å²) < 4.78 is 18.1. The van der Waals surface area contributed by atoms with E-state index in [1.54, 1.807) is 0 Å². The zero-order valence-corrected chi connectivity index (χ0v) is 19.4. The van der Waals surface area contributed by atoms with Crippen LogP contribution in [-0.2, 0) is 19.0 Å². The second-order valence-electron chi connectivity index (χ2n) is 11.0. The maximum Gasteiger partial charge on any atom is 0.224 e. The minimum Gasteiger partial charge on any atom is -0.375 e. The average molecular weight is 411 g/mol. The predicted octanol–water partition coefficient (Wildman–Crippen LogP) is 3.23. The van der Waals surface area contributed by atoms with Gasteiger partial charge in [0.25, 0.3) is 0 Å². The Balaban J connectivity index is 1.23. The third-order valence-corrected chi connectivity index (χ3v) is 6.22. The van der Waals surface area contributed by atoms with Crippen LogP contribution >= 0.6 is 0 Å². The smallest absolute Gasteiger partial charge is 0.224 e. The van der Waals surface area contributed by atoms with Gasteiger partial charge in [0.15, 0.2) is 0 Å². The quantitative estimate of drug-likeness (QED) is 0.645. The molecule has 2 heterocycles. The summed E-state index contributed by atoms with van der Waals surface area (Å²) in [6.45, 7) is 17.1. The lowest BCUT2D eigenvalue weighted by Crippen LogP contribution is -2.59. The highest BCUT2D eigenvalue weighted by atomic mass is 16.5. The van der Waals surface area contributed by atoms with Crippen LogP contribution in [0.5, 0.6) is 0 Å². The van der Waals surface area contributed by atoms with Crippen molar-refractivity contribution >= 4 is 5.91 Å². The first kappa shape index (κ1) is 23.0. The predicted molar refractivity (Wildman–Crippen MR) is 114 cm³/mol. The van der Waals surface area contributed by atoms with Crippen molar-refractivity contribution in [2.75, 3.05) is 32.8 Å². The van der Waals surface area contributed by atoms with Crippen molar-refractivity contribution in [3.8, 4) is 0 Å². The maximum atomic E-state index is 12.5. The maximum absolute atomic E-state index is 12.5. The fourth-order valence-electron chi connectivity index (χ4n) is 4.30. The third-order valence-electron chi connectivity index (χ3n) is 6.22. The average Bonchev–Trinajstić information content (AvgIpc) is 2.53. The van der Waals surface area contributed by atoms with Crippen molar-refractivity contribution in [3.05, 3.63) is 0 Å². The van der Waals surface area contributed by atoms with Gasteiger partial charge in [-0.1, -0.05) is 0 Å². The highest BCUT2D eigenvalue weighted by molar-refractivity contribution is 5.76. The number of amides is 1. The molecule has 0 aromatic carbocycles. The first-order valence-corrected chi connectivity index (χ1v) is 11.5. The summed E-state index contributed by atoms with van der Waals surface area (Å²) in [7, 11) is 0. The molecule has 1 amide bonds. The Kier molecular flexibility index (Phi) is 7.30. The number of carbonyl (C=O) groups is 1. The van der Waals surface area contributed by atoms with E-state index in [1.807, 2.05) is 4.90 Å². The molecule has 3 aliphatic rings. The summed E-state index contributed by atoms with van der Waals surface area (Å²) in [5.41, 5.74) is 0.137. The van der Waals surface area contributed by atoms with Crippen LogP contribution in [0.25, 0.3) is 0 Å². The standard InChI is InChI=1S/C23H42N2O4/c1-22(2,3)25-15-20(16-25)27-12-9-21(26)24-10-7-17(8-11-24)28-18-13-19(14-18)29-23(4,5)6/h17-20H,7-16H2,1-6H3. The molecule has 2 saturated heterocycles. The molecule has 6 nitrogen and oxygen atoms in total. The molecular weight excluding hydrogens is 368 g/mol. The second-order valence-corrected chi connectivity index (χ2v) is 11.0. The van der Waals surface area contributed by atoms with Crippen LogP contribution in [0, 0.1) is 0 Å². The molecule has 0 N–H and O–H groups in total. The molecule has 3 fully saturated rings. The first-order valence-electron chi connectivity index (χ1n) is 11.5. The Morgan fingerprint density at radius 3 is 2.07 bits per heavy atom. The highest BCUT2D eigenvalue weighted by Crippen LogP contribution is 2.32. The first-order chi connectivity index (χ1) is 13.5. The lowest BCUT2D eigenvalue weighted by Gasteiger charge is -2.47. The Hall–Kier alpha value is -0.690. The van der Waals surface area contributed by atoms with Gasteiger partial charge in [0.05, 0.1) is 43.0 Å². The number of carbonyl (C=O) groups excluding carboxylic acids is 1. The van der Waals surface area contributed by atoms with E-state index in [9.17, 15) is 4.79 Å². The molecule has 1 saturated carbocycles. The van der Waals surface area contributed by atoms with Crippen molar-refractivity contribution in [3.63, 3.8) is 0 Å². The van der Waals surface area contributed by atoms with E-state index in [4.69, 9.17) is 14.2 Å². The molecule has 0 aromatic rings. The SMILES string of the molecule is CC(C)(C)OC1CC(OC2CCN(C(=O)CCOC3CN(C(C)(C)C)C3)CC2)C1. The molecule has 6 heteroatoms. The van der Waals surface area contributed by atoms with Gasteiger partial charge in [-0.15, -0.1) is 0 Å². The van der Waals surface area contributed by atoms with Gasteiger partial charge in [-0.3, -0.25) is 9.69 Å². The van der Waals surface area contributed by atoms with Crippen molar-refractivity contribution < 1.29 is 19.0 Å². The van der Waals surface area contributed by atoms with Gasteiger partial charge in [0, 0.05) is 31.7 Å². The van der Waals surface area contributed by atoms with Crippen LogP contribution < -0.4 is 0 Å². The summed E-state index contributed by atoms with van der Waals surface area (Å²) in [6.07, 6.45) is 5.62. The lowest BCUT2D eigenvalue weighted by atomic mass is 9.90. The van der Waals surface area contributed by atoms with Gasteiger partial charge in [-0.25, -0.2) is 0 Å². The molecule has 1 aliphatic carbocycles. The molecule has 0 spiro atoms. The van der Waals surface area contributed by atoms with Gasteiger partial charge >= 0.3 is 0 Å². The van der Waals surface area contributed by atoms with Gasteiger partial charge < -0.3 is 19.1 Å². The Morgan fingerprint density at radius 1 is 0.897 bits per heavy atom. The van der Waals surface area contributed by atoms with Gasteiger partial charge in [0.2, 0.25) is 5.91 Å². The largest absolute Gasteiger partial charge is 0.375 e. The summed E-state index contributed by atoms with van der Waals surface area (Å²) in [5.74, 6) is 0.220. The van der Waals surface area contributed by atoms with E-state index in [0.717, 1.165) is 51.9 Å². The van der Waals surface area contributed by atoms with Crippen molar-refractivity contribution in [2.24, 2.45) is 0 Å². The van der Waals surface area contributed by atoms with Crippen LogP contribution in [0.1, 0.15) is 73.6 Å². The molecule has 0 unspecified atom stereocenters. The van der Waals surface area contributed by atoms with Gasteiger partial charge in [-0.2, -0.15) is 0 Å². The normalized spacial score (nSPS) is 27.6. The van der Waals surface area contributed by atoms with Crippen molar-refractivity contribution in [1.29, 1.82) is 0 Å². The fraction of sp³-hybridized carbons (Fsp3) is 0.957. The molecule has 0 bridgehead atoms. The number of hydrogen-bond donors (Lipinski definition) is 0. The van der Waals surface area contributed by atoms with Crippen LogP contribution in [0.3, 0.4) is 0 Å². The molecular formula is C23H42N2O4. The Bertz CT molecular complexity index is 534. The number of likely N-dealkylation sites (tertiary alicyclic amines) is 2. The Morgan fingerprint density at radius 2 is 1.52 bits per heavy atom. The lowest BCUT2D eigenvalue weighted by molar-refractivity contribution is -0.169. The minimum atomic E-state index is -0.0737. The van der Waals surface area contributed by atoms with E-state index in [2.05, 4.69) is 46.4 Å². The zero-order valence-electron chi connectivity index (χ0n) is 19.4. The second kappa shape index (κ2) is 9.21. The van der Waals surface area contributed by atoms with Crippen LogP contribution in [0.4, 0.5) is 0 Å². The zero-order chi connectivity index (χ0) is 21.2. The fourth-order valence-corrected chi connectivity index (χ4v) is 4.30. The summed E-state index contributed by atoms with van der Waals surface area (Å²) in [5, 5.41) is 0. The number of nitrogens with zero attached hydrogens (tertiary/aromatic N) is 2. The van der Waals surface area contributed by atoms with Crippen LogP contribution in [0.2, 0.25) is 0 Å². The third kappa shape index (κ3) is 6.91. The van der Waals surface area contributed by atoms with Crippen molar-refractivity contribution in [1.82, 2.24) is 9.80 Å². The highest BCUT2D eigenvalue weighted by Gasteiger charge is 2.37. The monoisotopic (exact) mass is 410 g/mol. The molecule has 3 rings (SSSR count). The molecule has 29 heavy (non-hydrogen) atoms. The van der Waals surface area contributed by atoms with E-state index < -0.39 is 0 Å². The number of rotatable bonds is 7. The minimum absolute atomic E-state index is 0.0737. The number of hydrogen-bond acceptors (Lipinski definition) is 5. The molecule has 0 atom stereocenters. The van der Waals surface area contributed by atoms with Crippen LogP contribution in [-0.4, -0.2) is 84.0 Å². The van der Waals surface area contributed by atoms with E-state index in [-0.39, 0.29) is 29.3 Å². The summed E-state index contributed by atoms with van der Waals surface area (Å²) in [4.78, 5) is 16.9. The summed E-state index contributed by atoms with van der Waals surface area (Å²) >= 11 is 0. The number of ether oxygens (including phenoxy) is 3. The van der Waals surface area contributed by atoms with E-state index in [1.165, 1.54) is 0 Å². The molecule has 2 aliphatic heterocycles. The topological polar surface area (TPSA) is 51.2 Å². The summed E-state index contributed by atoms with van der Waals surface area (Å²) in [6, 6.07) is 0. The van der Waals surface area contributed by atoms with Crippen LogP contribution in [0.15, 0.2) is 0 Å². The van der Waals surface area contributed by atoms with Crippen molar-refractivity contribution in [2.45, 2.75) is 109 Å². The Labute approximate surface area is 177 Å². The number of piperidine rings is 1. The molecule has 168 valence electrons. The molecule has 0 radical (unpaired) electrons. The van der Waals surface area contributed by atoms with E-state index >= 15 is 0 Å².